The van der Waals surface area contributed by atoms with Crippen LogP contribution in [0.3, 0.4) is 0 Å². The molecule has 0 aromatic heterocycles. The number of rotatable bonds is 12. The van der Waals surface area contributed by atoms with Gasteiger partial charge in [0, 0.05) is 12.0 Å². The number of amides is 2. The second kappa shape index (κ2) is 15.4. The fourth-order valence-corrected chi connectivity index (χ4v) is 4.03. The van der Waals surface area contributed by atoms with Crippen LogP contribution in [0.25, 0.3) is 0 Å². The molecule has 4 aromatic carbocycles. The standard InChI is InChI=1S/C35H36N2O7/c1-35(2,3)44-34(40)36-31(33(39)41-23-26-10-6-4-7-11-26)22-25-14-18-29(19-15-25)43-30-20-16-28(17-21-30)32(38)37-42-24-27-12-8-5-9-13-27/h4-21,31H,22-24H2,1-3H3,(H,36,40)(H,37,38). The molecule has 4 rings (SSSR count). The largest absolute Gasteiger partial charge is 0.459 e. The Hall–Kier alpha value is -5.15. The van der Waals surface area contributed by atoms with Gasteiger partial charge in [-0.2, -0.15) is 0 Å². The molecular formula is C35H36N2O7. The summed E-state index contributed by atoms with van der Waals surface area (Å²) < 4.78 is 16.8. The summed E-state index contributed by atoms with van der Waals surface area (Å²) in [4.78, 5) is 43.1. The van der Waals surface area contributed by atoms with Gasteiger partial charge >= 0.3 is 12.1 Å². The number of hydrogen-bond acceptors (Lipinski definition) is 7. The van der Waals surface area contributed by atoms with Crippen molar-refractivity contribution in [2.24, 2.45) is 0 Å². The smallest absolute Gasteiger partial charge is 0.408 e. The molecule has 9 nitrogen and oxygen atoms in total. The van der Waals surface area contributed by atoms with Gasteiger partial charge in [-0.05, 0) is 73.9 Å². The number of ether oxygens (including phenoxy) is 3. The lowest BCUT2D eigenvalue weighted by Crippen LogP contribution is -2.45. The molecule has 44 heavy (non-hydrogen) atoms. The number of hydroxylamine groups is 1. The Balaban J connectivity index is 1.32. The second-order valence-electron chi connectivity index (χ2n) is 11.0. The van der Waals surface area contributed by atoms with Gasteiger partial charge in [-0.1, -0.05) is 72.8 Å². The fraction of sp³-hybridized carbons (Fsp3) is 0.229. The third kappa shape index (κ3) is 10.6. The van der Waals surface area contributed by atoms with Crippen LogP contribution in [0.1, 0.15) is 47.8 Å². The van der Waals surface area contributed by atoms with E-state index in [1.807, 2.05) is 60.7 Å². The molecule has 0 saturated carbocycles. The molecule has 0 aliphatic rings. The predicted octanol–water partition coefficient (Wildman–Crippen LogP) is 6.52. The molecule has 0 spiro atoms. The molecule has 2 N–H and O–H groups in total. The number of hydrogen-bond donors (Lipinski definition) is 2. The summed E-state index contributed by atoms with van der Waals surface area (Å²) in [5.41, 5.74) is 4.69. The zero-order valence-electron chi connectivity index (χ0n) is 24.9. The van der Waals surface area contributed by atoms with Crippen molar-refractivity contribution < 1.29 is 33.4 Å². The average Bonchev–Trinajstić information content (AvgIpc) is 3.01. The lowest BCUT2D eigenvalue weighted by molar-refractivity contribution is -0.147. The van der Waals surface area contributed by atoms with E-state index in [1.165, 1.54) is 0 Å². The fourth-order valence-electron chi connectivity index (χ4n) is 4.03. The van der Waals surface area contributed by atoms with Crippen molar-refractivity contribution in [3.8, 4) is 11.5 Å². The molecule has 228 valence electrons. The van der Waals surface area contributed by atoms with Crippen molar-refractivity contribution in [2.45, 2.75) is 52.0 Å². The maximum Gasteiger partial charge on any atom is 0.408 e. The number of nitrogens with one attached hydrogen (secondary N) is 2. The van der Waals surface area contributed by atoms with E-state index in [-0.39, 0.29) is 25.5 Å². The van der Waals surface area contributed by atoms with Crippen LogP contribution >= 0.6 is 0 Å². The highest BCUT2D eigenvalue weighted by Gasteiger charge is 2.26. The first-order valence-corrected chi connectivity index (χ1v) is 14.2. The number of alkyl carbamates (subject to hydrolysis) is 1. The van der Waals surface area contributed by atoms with E-state index in [9.17, 15) is 14.4 Å². The molecule has 0 fully saturated rings. The lowest BCUT2D eigenvalue weighted by Gasteiger charge is -2.23. The summed E-state index contributed by atoms with van der Waals surface area (Å²) in [7, 11) is 0. The summed E-state index contributed by atoms with van der Waals surface area (Å²) in [5.74, 6) is 0.150. The summed E-state index contributed by atoms with van der Waals surface area (Å²) in [6.45, 7) is 5.59. The van der Waals surface area contributed by atoms with Gasteiger partial charge in [-0.25, -0.2) is 15.1 Å². The van der Waals surface area contributed by atoms with E-state index in [2.05, 4.69) is 10.8 Å². The topological polar surface area (TPSA) is 112 Å². The predicted molar refractivity (Wildman–Crippen MR) is 165 cm³/mol. The molecule has 2 amide bonds. The van der Waals surface area contributed by atoms with Gasteiger partial charge in [0.2, 0.25) is 0 Å². The summed E-state index contributed by atoms with van der Waals surface area (Å²) in [5, 5.41) is 2.64. The van der Waals surface area contributed by atoms with E-state index < -0.39 is 23.7 Å². The Morgan fingerprint density at radius 1 is 0.682 bits per heavy atom. The van der Waals surface area contributed by atoms with Gasteiger partial charge in [0.1, 0.15) is 29.7 Å². The Morgan fingerprint density at radius 2 is 1.23 bits per heavy atom. The normalized spacial score (nSPS) is 11.6. The molecule has 0 bridgehead atoms. The minimum Gasteiger partial charge on any atom is -0.459 e. The van der Waals surface area contributed by atoms with Gasteiger partial charge in [-0.3, -0.25) is 9.63 Å². The van der Waals surface area contributed by atoms with Crippen molar-refractivity contribution in [2.75, 3.05) is 0 Å². The highest BCUT2D eigenvalue weighted by molar-refractivity contribution is 5.93. The molecule has 9 heteroatoms. The number of carbonyl (C=O) groups excluding carboxylic acids is 3. The summed E-state index contributed by atoms with van der Waals surface area (Å²) in [6, 6.07) is 31.6. The molecule has 0 heterocycles. The zero-order valence-corrected chi connectivity index (χ0v) is 24.9. The molecule has 1 unspecified atom stereocenters. The SMILES string of the molecule is CC(C)(C)OC(=O)NC(Cc1ccc(Oc2ccc(C(=O)NOCc3ccccc3)cc2)cc1)C(=O)OCc1ccccc1. The molecular weight excluding hydrogens is 560 g/mol. The van der Waals surface area contributed by atoms with Crippen LogP contribution in [0, 0.1) is 0 Å². The van der Waals surface area contributed by atoms with Crippen molar-refractivity contribution >= 4 is 18.0 Å². The van der Waals surface area contributed by atoms with Crippen LogP contribution in [0.4, 0.5) is 4.79 Å². The van der Waals surface area contributed by atoms with Gasteiger partial charge in [0.25, 0.3) is 5.91 Å². The number of esters is 1. The molecule has 0 radical (unpaired) electrons. The Morgan fingerprint density at radius 3 is 1.80 bits per heavy atom. The monoisotopic (exact) mass is 596 g/mol. The van der Waals surface area contributed by atoms with Gasteiger partial charge in [-0.15, -0.1) is 0 Å². The number of carbonyl (C=O) groups is 3. The molecule has 0 aliphatic heterocycles. The third-order valence-electron chi connectivity index (χ3n) is 6.16. The van der Waals surface area contributed by atoms with Crippen LogP contribution in [0.5, 0.6) is 11.5 Å². The van der Waals surface area contributed by atoms with Crippen molar-refractivity contribution in [1.82, 2.24) is 10.8 Å². The van der Waals surface area contributed by atoms with Crippen LogP contribution < -0.4 is 15.5 Å². The van der Waals surface area contributed by atoms with E-state index in [0.717, 1.165) is 16.7 Å². The summed E-state index contributed by atoms with van der Waals surface area (Å²) >= 11 is 0. The molecule has 4 aromatic rings. The van der Waals surface area contributed by atoms with Crippen LogP contribution in [-0.2, 0) is 38.7 Å². The average molecular weight is 597 g/mol. The Bertz CT molecular complexity index is 1500. The molecule has 0 saturated heterocycles. The summed E-state index contributed by atoms with van der Waals surface area (Å²) in [6.07, 6.45) is -0.525. The van der Waals surface area contributed by atoms with Gasteiger partial charge in [0.05, 0.1) is 6.61 Å². The van der Waals surface area contributed by atoms with E-state index in [1.54, 1.807) is 69.3 Å². The maximum atomic E-state index is 13.0. The molecule has 1 atom stereocenters. The first-order valence-electron chi connectivity index (χ1n) is 14.2. The highest BCUT2D eigenvalue weighted by Crippen LogP contribution is 2.23. The van der Waals surface area contributed by atoms with Crippen LogP contribution in [0.2, 0.25) is 0 Å². The van der Waals surface area contributed by atoms with Gasteiger partial charge in [0.15, 0.2) is 0 Å². The van der Waals surface area contributed by atoms with Crippen molar-refractivity contribution in [1.29, 1.82) is 0 Å². The maximum absolute atomic E-state index is 13.0. The quantitative estimate of drug-likeness (QED) is 0.141. The minimum absolute atomic E-state index is 0.0834. The second-order valence-corrected chi connectivity index (χ2v) is 11.0. The van der Waals surface area contributed by atoms with Crippen LogP contribution in [-0.4, -0.2) is 29.6 Å². The van der Waals surface area contributed by atoms with Crippen molar-refractivity contribution in [3.63, 3.8) is 0 Å². The third-order valence-corrected chi connectivity index (χ3v) is 6.16. The van der Waals surface area contributed by atoms with Crippen molar-refractivity contribution in [3.05, 3.63) is 131 Å². The first kappa shape index (κ1) is 31.8. The first-order chi connectivity index (χ1) is 21.1. The van der Waals surface area contributed by atoms with E-state index >= 15 is 0 Å². The Labute approximate surface area is 257 Å². The lowest BCUT2D eigenvalue weighted by atomic mass is 10.1. The van der Waals surface area contributed by atoms with E-state index in [0.29, 0.717) is 17.1 Å². The highest BCUT2D eigenvalue weighted by atomic mass is 16.6. The Kier molecular flexibility index (Phi) is 11.1. The zero-order chi connectivity index (χ0) is 31.4. The van der Waals surface area contributed by atoms with Crippen LogP contribution in [0.15, 0.2) is 109 Å². The van der Waals surface area contributed by atoms with Gasteiger partial charge < -0.3 is 19.5 Å². The van der Waals surface area contributed by atoms with E-state index in [4.69, 9.17) is 19.0 Å². The minimum atomic E-state index is -0.962. The molecule has 0 aliphatic carbocycles. The number of benzene rings is 4.